The van der Waals surface area contributed by atoms with E-state index in [0.29, 0.717) is 6.04 Å². The maximum Gasteiger partial charge on any atom is 0.0488 e. The van der Waals surface area contributed by atoms with Crippen molar-refractivity contribution < 1.29 is 0 Å². The zero-order chi connectivity index (χ0) is 10.7. The van der Waals surface area contributed by atoms with Crippen molar-refractivity contribution in [2.45, 2.75) is 30.7 Å². The van der Waals surface area contributed by atoms with Crippen LogP contribution in [-0.4, -0.2) is 5.75 Å². The molecule has 1 aliphatic rings. The van der Waals surface area contributed by atoms with Gasteiger partial charge >= 0.3 is 0 Å². The van der Waals surface area contributed by atoms with Crippen LogP contribution < -0.4 is 11.3 Å². The average Bonchev–Trinajstić information content (AvgIpc) is 3.06. The molecule has 2 rings (SSSR count). The molecular formula is C12H18N2S. The molecule has 0 spiro atoms. The summed E-state index contributed by atoms with van der Waals surface area (Å²) in [4.78, 5) is 1.34. The van der Waals surface area contributed by atoms with E-state index >= 15 is 0 Å². The van der Waals surface area contributed by atoms with Crippen molar-refractivity contribution in [3.8, 4) is 0 Å². The summed E-state index contributed by atoms with van der Waals surface area (Å²) in [7, 11) is 0. The Labute approximate surface area is 95.6 Å². The van der Waals surface area contributed by atoms with Crippen LogP contribution in [0.15, 0.2) is 29.2 Å². The van der Waals surface area contributed by atoms with Gasteiger partial charge in [-0.3, -0.25) is 11.3 Å². The fourth-order valence-electron chi connectivity index (χ4n) is 1.87. The van der Waals surface area contributed by atoms with Gasteiger partial charge in [-0.1, -0.05) is 19.1 Å². The Kier molecular flexibility index (Phi) is 3.67. The fraction of sp³-hybridized carbons (Fsp3) is 0.500. The highest BCUT2D eigenvalue weighted by atomic mass is 32.2. The molecule has 1 unspecified atom stereocenters. The van der Waals surface area contributed by atoms with Gasteiger partial charge in [-0.25, -0.2) is 0 Å². The summed E-state index contributed by atoms with van der Waals surface area (Å²) in [5.41, 5.74) is 4.24. The second kappa shape index (κ2) is 5.01. The van der Waals surface area contributed by atoms with Crippen molar-refractivity contribution in [2.75, 3.05) is 5.75 Å². The van der Waals surface area contributed by atoms with E-state index in [1.165, 1.54) is 23.3 Å². The summed E-state index contributed by atoms with van der Waals surface area (Å²) in [6.07, 6.45) is 2.61. The van der Waals surface area contributed by atoms with Crippen LogP contribution in [0.3, 0.4) is 0 Å². The lowest BCUT2D eigenvalue weighted by Crippen LogP contribution is -2.29. The van der Waals surface area contributed by atoms with Gasteiger partial charge in [0.25, 0.3) is 0 Å². The first-order valence-electron chi connectivity index (χ1n) is 5.54. The number of rotatable bonds is 5. The van der Waals surface area contributed by atoms with Crippen LogP contribution >= 0.6 is 11.8 Å². The predicted octanol–water partition coefficient (Wildman–Crippen LogP) is 2.71. The smallest absolute Gasteiger partial charge is 0.0488 e. The number of nitrogens with two attached hydrogens (primary N) is 1. The van der Waals surface area contributed by atoms with E-state index in [4.69, 9.17) is 5.84 Å². The molecule has 3 N–H and O–H groups in total. The monoisotopic (exact) mass is 222 g/mol. The molecule has 0 aromatic heterocycles. The Balaban J connectivity index is 2.07. The molecule has 0 aliphatic heterocycles. The second-order valence-corrected chi connectivity index (χ2v) is 5.32. The lowest BCUT2D eigenvalue weighted by Gasteiger charge is -2.15. The Morgan fingerprint density at radius 1 is 1.40 bits per heavy atom. The summed E-state index contributed by atoms with van der Waals surface area (Å²) >= 11 is 1.88. The van der Waals surface area contributed by atoms with E-state index in [9.17, 15) is 0 Å². The number of hydrogen-bond acceptors (Lipinski definition) is 3. The molecule has 1 fully saturated rings. The van der Waals surface area contributed by atoms with E-state index in [2.05, 4.69) is 36.6 Å². The lowest BCUT2D eigenvalue weighted by atomic mass is 10.0. The van der Waals surface area contributed by atoms with Crippen molar-refractivity contribution in [3.63, 3.8) is 0 Å². The van der Waals surface area contributed by atoms with Crippen molar-refractivity contribution in [1.29, 1.82) is 0 Å². The number of hydrogen-bond donors (Lipinski definition) is 2. The van der Waals surface area contributed by atoms with Gasteiger partial charge in [0.1, 0.15) is 0 Å². The predicted molar refractivity (Wildman–Crippen MR) is 65.6 cm³/mol. The molecule has 0 amide bonds. The van der Waals surface area contributed by atoms with Crippen LogP contribution in [0.2, 0.25) is 0 Å². The first-order chi connectivity index (χ1) is 7.35. The van der Waals surface area contributed by atoms with Gasteiger partial charge in [0.05, 0.1) is 0 Å². The summed E-state index contributed by atoms with van der Waals surface area (Å²) in [5.74, 6) is 7.46. The third-order valence-corrected chi connectivity index (χ3v) is 3.72. The zero-order valence-electron chi connectivity index (χ0n) is 9.07. The van der Waals surface area contributed by atoms with Crippen molar-refractivity contribution in [1.82, 2.24) is 5.43 Å². The van der Waals surface area contributed by atoms with Crippen LogP contribution in [-0.2, 0) is 0 Å². The minimum absolute atomic E-state index is 0.352. The topological polar surface area (TPSA) is 38.0 Å². The molecular weight excluding hydrogens is 204 g/mol. The number of benzene rings is 1. The Morgan fingerprint density at radius 3 is 2.53 bits per heavy atom. The standard InChI is InChI=1S/C12H18N2S/c1-2-15-11-7-5-10(6-8-11)12(14-13)9-3-4-9/h5-9,12,14H,2-4,13H2,1H3. The van der Waals surface area contributed by atoms with Crippen molar-refractivity contribution >= 4 is 11.8 Å². The highest BCUT2D eigenvalue weighted by molar-refractivity contribution is 7.99. The highest BCUT2D eigenvalue weighted by Crippen LogP contribution is 2.40. The van der Waals surface area contributed by atoms with Gasteiger partial charge in [-0.2, -0.15) is 0 Å². The maximum absolute atomic E-state index is 5.59. The summed E-state index contributed by atoms with van der Waals surface area (Å²) in [5, 5.41) is 0. The van der Waals surface area contributed by atoms with Crippen LogP contribution in [0.4, 0.5) is 0 Å². The van der Waals surface area contributed by atoms with Crippen LogP contribution in [0.1, 0.15) is 31.4 Å². The zero-order valence-corrected chi connectivity index (χ0v) is 9.89. The first-order valence-corrected chi connectivity index (χ1v) is 6.52. The number of hydrazine groups is 1. The van der Waals surface area contributed by atoms with Gasteiger partial charge in [-0.05, 0) is 42.2 Å². The molecule has 82 valence electrons. The maximum atomic E-state index is 5.59. The van der Waals surface area contributed by atoms with E-state index < -0.39 is 0 Å². The van der Waals surface area contributed by atoms with E-state index in [1.54, 1.807) is 0 Å². The van der Waals surface area contributed by atoms with E-state index in [1.807, 2.05) is 11.8 Å². The van der Waals surface area contributed by atoms with Crippen LogP contribution in [0, 0.1) is 5.92 Å². The summed E-state index contributed by atoms with van der Waals surface area (Å²) < 4.78 is 0. The highest BCUT2D eigenvalue weighted by Gasteiger charge is 2.31. The van der Waals surface area contributed by atoms with Crippen LogP contribution in [0.5, 0.6) is 0 Å². The first kappa shape index (κ1) is 11.0. The lowest BCUT2D eigenvalue weighted by molar-refractivity contribution is 0.496. The molecule has 1 saturated carbocycles. The summed E-state index contributed by atoms with van der Waals surface area (Å²) in [6.45, 7) is 2.17. The number of nitrogens with one attached hydrogen (secondary N) is 1. The number of thioether (sulfide) groups is 1. The normalized spacial score (nSPS) is 17.7. The molecule has 0 bridgehead atoms. The minimum Gasteiger partial charge on any atom is -0.271 e. The molecule has 1 atom stereocenters. The van der Waals surface area contributed by atoms with Crippen molar-refractivity contribution in [2.24, 2.45) is 11.8 Å². The van der Waals surface area contributed by atoms with Gasteiger partial charge in [-0.15, -0.1) is 11.8 Å². The molecule has 3 heteroatoms. The Morgan fingerprint density at radius 2 is 2.07 bits per heavy atom. The second-order valence-electron chi connectivity index (χ2n) is 3.98. The molecule has 1 aromatic carbocycles. The van der Waals surface area contributed by atoms with E-state index in [-0.39, 0.29) is 0 Å². The van der Waals surface area contributed by atoms with Gasteiger partial charge in [0.2, 0.25) is 0 Å². The minimum atomic E-state index is 0.352. The molecule has 1 aromatic rings. The summed E-state index contributed by atoms with van der Waals surface area (Å²) in [6, 6.07) is 9.12. The SMILES string of the molecule is CCSc1ccc(C(NN)C2CC2)cc1. The van der Waals surface area contributed by atoms with E-state index in [0.717, 1.165) is 11.7 Å². The molecule has 0 saturated heterocycles. The quantitative estimate of drug-likeness (QED) is 0.457. The van der Waals surface area contributed by atoms with Crippen molar-refractivity contribution in [3.05, 3.63) is 29.8 Å². The Hall–Kier alpha value is -0.510. The largest absolute Gasteiger partial charge is 0.271 e. The Bertz CT molecular complexity index is 306. The van der Waals surface area contributed by atoms with Gasteiger partial charge in [0, 0.05) is 10.9 Å². The third-order valence-electron chi connectivity index (χ3n) is 2.82. The van der Waals surface area contributed by atoms with Crippen LogP contribution in [0.25, 0.3) is 0 Å². The fourth-order valence-corrected chi connectivity index (χ4v) is 2.53. The molecule has 0 heterocycles. The molecule has 1 aliphatic carbocycles. The molecule has 2 nitrogen and oxygen atoms in total. The third kappa shape index (κ3) is 2.74. The molecule has 15 heavy (non-hydrogen) atoms. The molecule has 0 radical (unpaired) electrons. The van der Waals surface area contributed by atoms with Gasteiger partial charge in [0.15, 0.2) is 0 Å². The average molecular weight is 222 g/mol. The van der Waals surface area contributed by atoms with Gasteiger partial charge < -0.3 is 0 Å².